The minimum atomic E-state index is -0.0832. The number of nitrogens with zero attached hydrogens (tertiary/aromatic N) is 1. The lowest BCUT2D eigenvalue weighted by molar-refractivity contribution is 0.0825. The Morgan fingerprint density at radius 3 is 2.26 bits per heavy atom. The summed E-state index contributed by atoms with van der Waals surface area (Å²) in [5, 5.41) is 0.663. The topological polar surface area (TPSA) is 20.3 Å². The third-order valence-electron chi connectivity index (χ3n) is 3.71. The quantitative estimate of drug-likeness (QED) is 0.695. The predicted molar refractivity (Wildman–Crippen MR) is 81.9 cm³/mol. The maximum atomic E-state index is 12.4. The minimum Gasteiger partial charge on any atom is -0.294 e. The average Bonchev–Trinajstić information content (AvgIpc) is 2.43. The molecular weight excluding hydrogens is 258 g/mol. The fraction of sp³-hybridized carbons (Fsp3) is 0.562. The second-order valence-electron chi connectivity index (χ2n) is 5.15. The van der Waals surface area contributed by atoms with E-state index in [2.05, 4.69) is 25.7 Å². The Morgan fingerprint density at radius 1 is 1.21 bits per heavy atom. The highest BCUT2D eigenvalue weighted by atomic mass is 35.5. The molecule has 1 rings (SSSR count). The van der Waals surface area contributed by atoms with Crippen molar-refractivity contribution in [2.24, 2.45) is 5.92 Å². The van der Waals surface area contributed by atoms with Crippen molar-refractivity contribution < 1.29 is 4.79 Å². The zero-order valence-electron chi connectivity index (χ0n) is 12.3. The van der Waals surface area contributed by atoms with Crippen LogP contribution in [0.5, 0.6) is 0 Å². The standard InChI is InChI=1S/C16H24ClNO/c1-5-12(3)11-18(6-2)13(4)16(19)14-7-9-15(17)10-8-14/h7-10,12-13H,5-6,11H2,1-4H3. The van der Waals surface area contributed by atoms with Crippen LogP contribution in [0.25, 0.3) is 0 Å². The van der Waals surface area contributed by atoms with Crippen LogP contribution in [0.4, 0.5) is 0 Å². The molecule has 0 aliphatic heterocycles. The number of benzene rings is 1. The number of halogens is 1. The summed E-state index contributed by atoms with van der Waals surface area (Å²) in [5.74, 6) is 0.780. The number of ketones is 1. The summed E-state index contributed by atoms with van der Waals surface area (Å²) in [6.07, 6.45) is 1.14. The second kappa shape index (κ2) is 7.66. The molecule has 1 aromatic carbocycles. The lowest BCUT2D eigenvalue weighted by Crippen LogP contribution is -2.41. The van der Waals surface area contributed by atoms with Crippen LogP contribution in [-0.2, 0) is 0 Å². The summed E-state index contributed by atoms with van der Waals surface area (Å²) in [4.78, 5) is 14.7. The van der Waals surface area contributed by atoms with Crippen molar-refractivity contribution in [3.8, 4) is 0 Å². The van der Waals surface area contributed by atoms with Gasteiger partial charge in [-0.1, -0.05) is 38.8 Å². The number of hydrogen-bond acceptors (Lipinski definition) is 2. The van der Waals surface area contributed by atoms with Gasteiger partial charge >= 0.3 is 0 Å². The molecule has 0 bridgehead atoms. The van der Waals surface area contributed by atoms with Crippen molar-refractivity contribution in [1.82, 2.24) is 4.90 Å². The molecule has 0 aromatic heterocycles. The lowest BCUT2D eigenvalue weighted by atomic mass is 10.0. The molecule has 3 heteroatoms. The summed E-state index contributed by atoms with van der Waals surface area (Å²) in [6, 6.07) is 7.07. The van der Waals surface area contributed by atoms with Gasteiger partial charge in [-0.3, -0.25) is 9.69 Å². The maximum Gasteiger partial charge on any atom is 0.179 e. The molecule has 2 nitrogen and oxygen atoms in total. The van der Waals surface area contributed by atoms with Gasteiger partial charge in [0.05, 0.1) is 6.04 Å². The zero-order valence-corrected chi connectivity index (χ0v) is 13.1. The summed E-state index contributed by atoms with van der Waals surface area (Å²) in [7, 11) is 0. The van der Waals surface area contributed by atoms with Crippen LogP contribution < -0.4 is 0 Å². The highest BCUT2D eigenvalue weighted by molar-refractivity contribution is 6.30. The zero-order chi connectivity index (χ0) is 14.4. The molecule has 106 valence electrons. The molecule has 0 spiro atoms. The van der Waals surface area contributed by atoms with Crippen LogP contribution in [-0.4, -0.2) is 29.8 Å². The van der Waals surface area contributed by atoms with Crippen molar-refractivity contribution in [3.05, 3.63) is 34.9 Å². The third-order valence-corrected chi connectivity index (χ3v) is 3.96. The summed E-state index contributed by atoms with van der Waals surface area (Å²) in [5.41, 5.74) is 0.736. The van der Waals surface area contributed by atoms with E-state index in [1.54, 1.807) is 24.3 Å². The van der Waals surface area contributed by atoms with Crippen molar-refractivity contribution >= 4 is 17.4 Å². The van der Waals surface area contributed by atoms with E-state index in [0.29, 0.717) is 10.9 Å². The maximum absolute atomic E-state index is 12.4. The van der Waals surface area contributed by atoms with E-state index >= 15 is 0 Å². The van der Waals surface area contributed by atoms with Crippen LogP contribution in [0.2, 0.25) is 5.02 Å². The number of carbonyl (C=O) groups excluding carboxylic acids is 1. The van der Waals surface area contributed by atoms with Gasteiger partial charge in [0.2, 0.25) is 0 Å². The highest BCUT2D eigenvalue weighted by Gasteiger charge is 2.22. The molecule has 0 radical (unpaired) electrons. The van der Waals surface area contributed by atoms with Crippen molar-refractivity contribution in [2.75, 3.05) is 13.1 Å². The second-order valence-corrected chi connectivity index (χ2v) is 5.58. The fourth-order valence-corrected chi connectivity index (χ4v) is 2.24. The van der Waals surface area contributed by atoms with Crippen LogP contribution in [0.15, 0.2) is 24.3 Å². The number of likely N-dealkylation sites (N-methyl/N-ethyl adjacent to an activating group) is 1. The molecule has 0 saturated carbocycles. The van der Waals surface area contributed by atoms with Crippen LogP contribution >= 0.6 is 11.6 Å². The van der Waals surface area contributed by atoms with Crippen molar-refractivity contribution in [1.29, 1.82) is 0 Å². The summed E-state index contributed by atoms with van der Waals surface area (Å²) >= 11 is 5.85. The van der Waals surface area contributed by atoms with E-state index in [0.717, 1.165) is 25.1 Å². The van der Waals surface area contributed by atoms with Gasteiger partial charge in [0.25, 0.3) is 0 Å². The van der Waals surface area contributed by atoms with E-state index in [-0.39, 0.29) is 11.8 Å². The molecule has 2 unspecified atom stereocenters. The van der Waals surface area contributed by atoms with Crippen molar-refractivity contribution in [2.45, 2.75) is 40.2 Å². The van der Waals surface area contributed by atoms with Crippen LogP contribution in [0.1, 0.15) is 44.5 Å². The van der Waals surface area contributed by atoms with Gasteiger partial charge < -0.3 is 0 Å². The van der Waals surface area contributed by atoms with E-state index in [4.69, 9.17) is 11.6 Å². The molecule has 1 aromatic rings. The van der Waals surface area contributed by atoms with E-state index < -0.39 is 0 Å². The lowest BCUT2D eigenvalue weighted by Gasteiger charge is -2.29. The Kier molecular flexibility index (Phi) is 6.53. The Hall–Kier alpha value is -0.860. The Bertz CT molecular complexity index is 402. The Balaban J connectivity index is 2.76. The van der Waals surface area contributed by atoms with Gasteiger partial charge in [0, 0.05) is 17.1 Å². The number of hydrogen-bond donors (Lipinski definition) is 0. The minimum absolute atomic E-state index is 0.0832. The van der Waals surface area contributed by atoms with Gasteiger partial charge in [-0.05, 0) is 43.7 Å². The first-order valence-corrected chi connectivity index (χ1v) is 7.41. The highest BCUT2D eigenvalue weighted by Crippen LogP contribution is 2.15. The monoisotopic (exact) mass is 281 g/mol. The molecule has 0 fully saturated rings. The average molecular weight is 282 g/mol. The third kappa shape index (κ3) is 4.63. The molecule has 19 heavy (non-hydrogen) atoms. The first-order chi connectivity index (χ1) is 8.99. The Morgan fingerprint density at radius 2 is 1.79 bits per heavy atom. The molecule has 0 N–H and O–H groups in total. The van der Waals surface area contributed by atoms with Gasteiger partial charge in [0.1, 0.15) is 0 Å². The molecular formula is C16H24ClNO. The smallest absolute Gasteiger partial charge is 0.179 e. The first kappa shape index (κ1) is 16.2. The molecule has 0 aliphatic rings. The van der Waals surface area contributed by atoms with Gasteiger partial charge in [-0.25, -0.2) is 0 Å². The molecule has 0 saturated heterocycles. The molecule has 2 atom stereocenters. The van der Waals surface area contributed by atoms with Gasteiger partial charge in [-0.15, -0.1) is 0 Å². The first-order valence-electron chi connectivity index (χ1n) is 7.03. The van der Waals surface area contributed by atoms with Crippen LogP contribution in [0.3, 0.4) is 0 Å². The summed E-state index contributed by atoms with van der Waals surface area (Å²) < 4.78 is 0. The molecule has 0 aliphatic carbocycles. The van der Waals surface area contributed by atoms with Gasteiger partial charge in [0.15, 0.2) is 5.78 Å². The predicted octanol–water partition coefficient (Wildman–Crippen LogP) is 4.28. The largest absolute Gasteiger partial charge is 0.294 e. The van der Waals surface area contributed by atoms with E-state index in [1.807, 2.05) is 6.92 Å². The fourth-order valence-electron chi connectivity index (χ4n) is 2.11. The summed E-state index contributed by atoms with van der Waals surface area (Å²) in [6.45, 7) is 10.4. The SMILES string of the molecule is CCC(C)CN(CC)C(C)C(=O)c1ccc(Cl)cc1. The van der Waals surface area contributed by atoms with E-state index in [1.165, 1.54) is 0 Å². The molecule has 0 amide bonds. The number of carbonyl (C=O) groups is 1. The number of rotatable bonds is 7. The van der Waals surface area contributed by atoms with Gasteiger partial charge in [-0.2, -0.15) is 0 Å². The molecule has 0 heterocycles. The number of Topliss-reactive ketones (excluding diaryl/α,β-unsaturated/α-hetero) is 1. The Labute approximate surface area is 121 Å². The normalized spacial score (nSPS) is 14.4. The van der Waals surface area contributed by atoms with E-state index in [9.17, 15) is 4.79 Å². The van der Waals surface area contributed by atoms with Crippen molar-refractivity contribution in [3.63, 3.8) is 0 Å². The van der Waals surface area contributed by atoms with Crippen LogP contribution in [0, 0.1) is 5.92 Å².